The molecule has 0 saturated carbocycles. The normalized spacial score (nSPS) is 16.3. The third-order valence-corrected chi connectivity index (χ3v) is 5.25. The van der Waals surface area contributed by atoms with Crippen molar-refractivity contribution in [3.05, 3.63) is 44.7 Å². The number of hydrogen-bond acceptors (Lipinski definition) is 3. The van der Waals surface area contributed by atoms with Gasteiger partial charge in [-0.1, -0.05) is 36.2 Å². The summed E-state index contributed by atoms with van der Waals surface area (Å²) in [6.07, 6.45) is 1.65. The quantitative estimate of drug-likeness (QED) is 0.849. The smallest absolute Gasteiger partial charge is 0.255 e. The highest BCUT2D eigenvalue weighted by Crippen LogP contribution is 2.41. The molecule has 1 unspecified atom stereocenters. The number of aromatic nitrogens is 2. The Morgan fingerprint density at radius 3 is 2.88 bits per heavy atom. The van der Waals surface area contributed by atoms with Crippen LogP contribution in [0.1, 0.15) is 53.1 Å². The summed E-state index contributed by atoms with van der Waals surface area (Å²) in [7, 11) is 0. The van der Waals surface area contributed by atoms with Crippen molar-refractivity contribution in [3.8, 4) is 5.75 Å². The van der Waals surface area contributed by atoms with Crippen LogP contribution in [0.5, 0.6) is 5.75 Å². The van der Waals surface area contributed by atoms with Crippen molar-refractivity contribution in [2.75, 3.05) is 6.61 Å². The Morgan fingerprint density at radius 1 is 1.40 bits per heavy atom. The van der Waals surface area contributed by atoms with E-state index in [0.717, 1.165) is 29.9 Å². The maximum atomic E-state index is 12.9. The Balaban J connectivity index is 1.87. The van der Waals surface area contributed by atoms with E-state index in [1.165, 1.54) is 0 Å². The zero-order chi connectivity index (χ0) is 18.1. The number of fused-ring (bicyclic) bond motifs is 1. The lowest BCUT2D eigenvalue weighted by Gasteiger charge is -2.27. The first-order chi connectivity index (χ1) is 11.9. The number of nitrogens with one attached hydrogen (secondary N) is 1. The predicted molar refractivity (Wildman–Crippen MR) is 98.8 cm³/mol. The minimum absolute atomic E-state index is 0.124. The number of aryl methyl sites for hydroxylation is 2. The first-order valence-corrected chi connectivity index (χ1v) is 9.15. The van der Waals surface area contributed by atoms with Gasteiger partial charge in [0.05, 0.1) is 28.9 Å². The lowest BCUT2D eigenvalue weighted by Crippen LogP contribution is -2.32. The summed E-state index contributed by atoms with van der Waals surface area (Å²) in [6, 6.07) is 3.42. The molecule has 7 heteroatoms. The highest BCUT2D eigenvalue weighted by Gasteiger charge is 2.28. The van der Waals surface area contributed by atoms with Crippen LogP contribution in [-0.4, -0.2) is 22.3 Å². The van der Waals surface area contributed by atoms with Gasteiger partial charge in [-0.3, -0.25) is 9.48 Å². The number of benzene rings is 1. The van der Waals surface area contributed by atoms with Crippen molar-refractivity contribution >= 4 is 29.1 Å². The molecule has 2 heterocycles. The lowest BCUT2D eigenvalue weighted by molar-refractivity contribution is 0.0923. The number of carbonyl (C=O) groups excluding carboxylic acids is 1. The standard InChI is InChI=1S/C18H21Cl2N3O2/c1-4-8-23-11(3)15(10(2)22-23)18(24)21-14-7-9-25-17-12(14)5-6-13(19)16(17)20/h5-6,14H,4,7-9H2,1-3H3,(H,21,24). The summed E-state index contributed by atoms with van der Waals surface area (Å²) < 4.78 is 7.54. The average Bonchev–Trinajstić information content (AvgIpc) is 2.86. The molecule has 5 nitrogen and oxygen atoms in total. The minimum atomic E-state index is -0.167. The molecule has 0 bridgehead atoms. The Bertz CT molecular complexity index is 817. The fourth-order valence-corrected chi connectivity index (χ4v) is 3.61. The van der Waals surface area contributed by atoms with Crippen molar-refractivity contribution in [2.24, 2.45) is 0 Å². The molecule has 0 saturated heterocycles. The zero-order valence-corrected chi connectivity index (χ0v) is 16.0. The Labute approximate surface area is 157 Å². The van der Waals surface area contributed by atoms with Crippen LogP contribution in [0.25, 0.3) is 0 Å². The van der Waals surface area contributed by atoms with Crippen LogP contribution in [0.3, 0.4) is 0 Å². The van der Waals surface area contributed by atoms with Crippen molar-refractivity contribution in [3.63, 3.8) is 0 Å². The number of rotatable bonds is 4. The van der Waals surface area contributed by atoms with Gasteiger partial charge in [0.25, 0.3) is 5.91 Å². The summed E-state index contributed by atoms with van der Waals surface area (Å²) in [5.41, 5.74) is 3.12. The Kier molecular flexibility index (Phi) is 5.25. The SMILES string of the molecule is CCCn1nc(C)c(C(=O)NC2CCOc3c2ccc(Cl)c3Cl)c1C. The molecule has 2 aromatic rings. The highest BCUT2D eigenvalue weighted by atomic mass is 35.5. The van der Waals surface area contributed by atoms with E-state index < -0.39 is 0 Å². The van der Waals surface area contributed by atoms with Gasteiger partial charge in [0, 0.05) is 24.2 Å². The molecule has 1 aliphatic rings. The van der Waals surface area contributed by atoms with Gasteiger partial charge in [0.1, 0.15) is 10.8 Å². The summed E-state index contributed by atoms with van der Waals surface area (Å²) >= 11 is 12.3. The molecule has 1 aromatic carbocycles. The molecule has 1 N–H and O–H groups in total. The van der Waals surface area contributed by atoms with E-state index in [2.05, 4.69) is 17.3 Å². The van der Waals surface area contributed by atoms with Crippen LogP contribution >= 0.6 is 23.2 Å². The van der Waals surface area contributed by atoms with E-state index in [0.29, 0.717) is 34.4 Å². The lowest BCUT2D eigenvalue weighted by atomic mass is 10.00. The van der Waals surface area contributed by atoms with E-state index >= 15 is 0 Å². The molecule has 1 atom stereocenters. The maximum Gasteiger partial charge on any atom is 0.255 e. The van der Waals surface area contributed by atoms with Gasteiger partial charge >= 0.3 is 0 Å². The van der Waals surface area contributed by atoms with Crippen LogP contribution in [0.15, 0.2) is 12.1 Å². The molecule has 0 aliphatic carbocycles. The van der Waals surface area contributed by atoms with Gasteiger partial charge < -0.3 is 10.1 Å². The van der Waals surface area contributed by atoms with E-state index in [-0.39, 0.29) is 11.9 Å². The topological polar surface area (TPSA) is 56.2 Å². The van der Waals surface area contributed by atoms with Crippen molar-refractivity contribution in [1.82, 2.24) is 15.1 Å². The molecular formula is C18H21Cl2N3O2. The van der Waals surface area contributed by atoms with Crippen molar-refractivity contribution < 1.29 is 9.53 Å². The Hall–Kier alpha value is -1.72. The molecule has 0 radical (unpaired) electrons. The predicted octanol–water partition coefficient (Wildman–Crippen LogP) is 4.47. The summed E-state index contributed by atoms with van der Waals surface area (Å²) in [4.78, 5) is 12.9. The molecule has 25 heavy (non-hydrogen) atoms. The van der Waals surface area contributed by atoms with E-state index in [1.807, 2.05) is 24.6 Å². The number of nitrogens with zero attached hydrogens (tertiary/aromatic N) is 2. The van der Waals surface area contributed by atoms with Crippen LogP contribution in [0.2, 0.25) is 10.0 Å². The summed E-state index contributed by atoms with van der Waals surface area (Å²) in [5.74, 6) is 0.433. The van der Waals surface area contributed by atoms with Crippen molar-refractivity contribution in [2.45, 2.75) is 46.2 Å². The monoisotopic (exact) mass is 381 g/mol. The van der Waals surface area contributed by atoms with Gasteiger partial charge in [0.2, 0.25) is 0 Å². The number of amides is 1. The first-order valence-electron chi connectivity index (χ1n) is 8.39. The summed E-state index contributed by atoms with van der Waals surface area (Å²) in [5, 5.41) is 8.41. The molecule has 0 fully saturated rings. The Morgan fingerprint density at radius 2 is 2.16 bits per heavy atom. The molecular weight excluding hydrogens is 361 g/mol. The highest BCUT2D eigenvalue weighted by molar-refractivity contribution is 6.43. The zero-order valence-electron chi connectivity index (χ0n) is 14.5. The molecule has 3 rings (SSSR count). The first kappa shape index (κ1) is 18.1. The average molecular weight is 382 g/mol. The van der Waals surface area contributed by atoms with Gasteiger partial charge in [0.15, 0.2) is 0 Å². The molecule has 134 valence electrons. The van der Waals surface area contributed by atoms with E-state index in [4.69, 9.17) is 27.9 Å². The number of hydrogen-bond donors (Lipinski definition) is 1. The number of halogens is 2. The maximum absolute atomic E-state index is 12.9. The molecule has 1 aliphatic heterocycles. The van der Waals surface area contributed by atoms with E-state index in [1.54, 1.807) is 6.07 Å². The van der Waals surface area contributed by atoms with Gasteiger partial charge in [-0.2, -0.15) is 5.10 Å². The van der Waals surface area contributed by atoms with Crippen molar-refractivity contribution in [1.29, 1.82) is 0 Å². The van der Waals surface area contributed by atoms with E-state index in [9.17, 15) is 4.79 Å². The number of carbonyl (C=O) groups is 1. The molecule has 0 spiro atoms. The largest absolute Gasteiger partial charge is 0.492 e. The van der Waals surface area contributed by atoms with Crippen LogP contribution in [0.4, 0.5) is 0 Å². The fourth-order valence-electron chi connectivity index (χ4n) is 3.24. The molecule has 1 amide bonds. The van der Waals surface area contributed by atoms with Crippen LogP contribution in [0, 0.1) is 13.8 Å². The van der Waals surface area contributed by atoms with Gasteiger partial charge in [-0.25, -0.2) is 0 Å². The third kappa shape index (κ3) is 3.35. The van der Waals surface area contributed by atoms with Crippen LogP contribution in [-0.2, 0) is 6.54 Å². The second kappa shape index (κ2) is 7.26. The fraction of sp³-hybridized carbons (Fsp3) is 0.444. The third-order valence-electron chi connectivity index (χ3n) is 4.46. The van der Waals surface area contributed by atoms with Gasteiger partial charge in [-0.05, 0) is 26.3 Å². The molecule has 1 aromatic heterocycles. The summed E-state index contributed by atoms with van der Waals surface area (Å²) in [6.45, 7) is 7.16. The van der Waals surface area contributed by atoms with Gasteiger partial charge in [-0.15, -0.1) is 0 Å². The number of ether oxygens (including phenoxy) is 1. The minimum Gasteiger partial charge on any atom is -0.492 e. The van der Waals surface area contributed by atoms with Crippen LogP contribution < -0.4 is 10.1 Å². The second-order valence-corrected chi connectivity index (χ2v) is 7.00. The second-order valence-electron chi connectivity index (χ2n) is 6.21.